The number of ether oxygens (including phenoxy) is 1. The fourth-order valence-corrected chi connectivity index (χ4v) is 6.00. The highest BCUT2D eigenvalue weighted by Gasteiger charge is 2.17. The molecule has 0 bridgehead atoms. The van der Waals surface area contributed by atoms with Crippen LogP contribution in [0.15, 0.2) is 29.2 Å². The first-order valence-corrected chi connectivity index (χ1v) is 12.0. The zero-order chi connectivity index (χ0) is 14.1. The molecule has 19 heavy (non-hydrogen) atoms. The number of rotatable bonds is 9. The molecule has 6 heteroatoms. The molecule has 0 spiro atoms. The Balaban J connectivity index is 2.55. The lowest BCUT2D eigenvalue weighted by molar-refractivity contribution is 0.164. The molecule has 0 radical (unpaired) electrons. The molecular weight excluding hydrogens is 315 g/mol. The molecule has 108 valence electrons. The minimum absolute atomic E-state index is 0.744. The molecular formula is C13H21O2PS3. The van der Waals surface area contributed by atoms with Gasteiger partial charge in [-0.2, -0.15) is 0 Å². The average Bonchev–Trinajstić information content (AvgIpc) is 2.44. The van der Waals surface area contributed by atoms with E-state index in [4.69, 9.17) is 21.1 Å². The second-order valence-electron chi connectivity index (χ2n) is 3.72. The molecule has 0 fully saturated rings. The Labute approximate surface area is 129 Å². The molecule has 0 saturated heterocycles. The topological polar surface area (TPSA) is 18.5 Å². The van der Waals surface area contributed by atoms with Crippen molar-refractivity contribution in [3.05, 3.63) is 24.3 Å². The second-order valence-corrected chi connectivity index (χ2v) is 12.3. The minimum Gasteiger partial charge on any atom is -0.457 e. The van der Waals surface area contributed by atoms with Gasteiger partial charge in [0.05, 0.1) is 6.61 Å². The highest BCUT2D eigenvalue weighted by atomic mass is 32.9. The third kappa shape index (κ3) is 6.54. The first-order valence-electron chi connectivity index (χ1n) is 6.28. The van der Waals surface area contributed by atoms with Gasteiger partial charge >= 0.3 is 0 Å². The molecule has 0 amide bonds. The Bertz CT molecular complexity index is 409. The smallest absolute Gasteiger partial charge is 0.167 e. The Hall–Kier alpha value is 0.330. The van der Waals surface area contributed by atoms with Crippen molar-refractivity contribution in [3.8, 4) is 5.75 Å². The van der Waals surface area contributed by atoms with Crippen molar-refractivity contribution < 1.29 is 9.26 Å². The van der Waals surface area contributed by atoms with E-state index in [9.17, 15) is 0 Å². The van der Waals surface area contributed by atoms with Crippen molar-refractivity contribution in [1.29, 1.82) is 0 Å². The van der Waals surface area contributed by atoms with E-state index in [-0.39, 0.29) is 0 Å². The van der Waals surface area contributed by atoms with Gasteiger partial charge in [-0.1, -0.05) is 18.3 Å². The van der Waals surface area contributed by atoms with Crippen LogP contribution in [0.3, 0.4) is 0 Å². The fraction of sp³-hybridized carbons (Fsp3) is 0.538. The van der Waals surface area contributed by atoms with Gasteiger partial charge in [-0.05, 0) is 49.3 Å². The van der Waals surface area contributed by atoms with Gasteiger partial charge in [0.1, 0.15) is 5.75 Å². The maximum absolute atomic E-state index is 6.05. The van der Waals surface area contributed by atoms with Gasteiger partial charge in [0.2, 0.25) is 0 Å². The molecule has 0 aromatic heterocycles. The maximum atomic E-state index is 6.05. The van der Waals surface area contributed by atoms with E-state index in [2.05, 4.69) is 25.3 Å². The summed E-state index contributed by atoms with van der Waals surface area (Å²) < 4.78 is 11.4. The summed E-state index contributed by atoms with van der Waals surface area (Å²) in [5, 5.41) is 0. The predicted molar refractivity (Wildman–Crippen MR) is 92.6 cm³/mol. The van der Waals surface area contributed by atoms with Gasteiger partial charge in [0.15, 0.2) is 5.47 Å². The SMILES string of the molecule is CCOCCSP(=S)(CC)Oc1ccc(SC)cc1. The molecule has 1 aromatic carbocycles. The van der Waals surface area contributed by atoms with Crippen molar-refractivity contribution in [2.45, 2.75) is 18.7 Å². The number of hydrogen-bond acceptors (Lipinski definition) is 5. The Kier molecular flexibility index (Phi) is 8.51. The van der Waals surface area contributed by atoms with Crippen LogP contribution in [0.2, 0.25) is 0 Å². The van der Waals surface area contributed by atoms with Crippen molar-refractivity contribution in [1.82, 2.24) is 0 Å². The summed E-state index contributed by atoms with van der Waals surface area (Å²) in [6, 6.07) is 8.15. The van der Waals surface area contributed by atoms with E-state index in [1.54, 1.807) is 23.1 Å². The third-order valence-corrected chi connectivity index (χ3v) is 9.83. The maximum Gasteiger partial charge on any atom is 0.167 e. The van der Waals surface area contributed by atoms with E-state index in [1.807, 2.05) is 19.1 Å². The van der Waals surface area contributed by atoms with Crippen molar-refractivity contribution in [2.24, 2.45) is 0 Å². The van der Waals surface area contributed by atoms with E-state index in [0.29, 0.717) is 0 Å². The minimum atomic E-state index is -1.82. The monoisotopic (exact) mass is 336 g/mol. The molecule has 1 aromatic rings. The van der Waals surface area contributed by atoms with Crippen LogP contribution in [0.25, 0.3) is 0 Å². The summed E-state index contributed by atoms with van der Waals surface area (Å²) in [4.78, 5) is 1.24. The van der Waals surface area contributed by atoms with Crippen LogP contribution in [0, 0.1) is 0 Å². The summed E-state index contributed by atoms with van der Waals surface area (Å²) in [6.45, 7) is 5.61. The summed E-state index contributed by atoms with van der Waals surface area (Å²) in [7, 11) is 0. The van der Waals surface area contributed by atoms with Gasteiger partial charge in [0, 0.05) is 23.4 Å². The van der Waals surface area contributed by atoms with Crippen molar-refractivity contribution >= 4 is 40.4 Å². The van der Waals surface area contributed by atoms with E-state index in [1.165, 1.54) is 4.90 Å². The fourth-order valence-electron chi connectivity index (χ4n) is 1.36. The summed E-state index contributed by atoms with van der Waals surface area (Å²) in [6.07, 6.45) is 2.96. The molecule has 1 atom stereocenters. The van der Waals surface area contributed by atoms with E-state index >= 15 is 0 Å². The van der Waals surface area contributed by atoms with Crippen LogP contribution >= 0.6 is 28.6 Å². The van der Waals surface area contributed by atoms with Crippen molar-refractivity contribution in [3.63, 3.8) is 0 Å². The standard InChI is InChI=1S/C13H21O2PS3/c1-4-14-10-11-19-16(17,5-2)15-12-6-8-13(18-3)9-7-12/h6-9H,4-5,10-11H2,1-3H3. The predicted octanol–water partition coefficient (Wildman–Crippen LogP) is 4.89. The highest BCUT2D eigenvalue weighted by molar-refractivity contribution is 8.69. The normalized spacial score (nSPS) is 14.1. The number of thioether (sulfide) groups is 1. The summed E-state index contributed by atoms with van der Waals surface area (Å²) in [5.41, 5.74) is -1.82. The van der Waals surface area contributed by atoms with Crippen LogP contribution in [-0.4, -0.2) is 31.4 Å². The number of hydrogen-bond donors (Lipinski definition) is 0. The molecule has 2 nitrogen and oxygen atoms in total. The van der Waals surface area contributed by atoms with Crippen LogP contribution in [0.1, 0.15) is 13.8 Å². The lowest BCUT2D eigenvalue weighted by atomic mass is 10.3. The van der Waals surface area contributed by atoms with Crippen molar-refractivity contribution in [2.75, 3.05) is 31.4 Å². The highest BCUT2D eigenvalue weighted by Crippen LogP contribution is 2.59. The zero-order valence-electron chi connectivity index (χ0n) is 11.6. The van der Waals surface area contributed by atoms with Gasteiger partial charge in [-0.15, -0.1) is 11.8 Å². The van der Waals surface area contributed by atoms with Crippen LogP contribution in [0.4, 0.5) is 0 Å². The molecule has 0 N–H and O–H groups in total. The molecule has 1 rings (SSSR count). The first kappa shape index (κ1) is 17.4. The Morgan fingerprint density at radius 1 is 1.21 bits per heavy atom. The lowest BCUT2D eigenvalue weighted by Gasteiger charge is -2.21. The molecule has 0 aliphatic heterocycles. The molecule has 0 heterocycles. The largest absolute Gasteiger partial charge is 0.457 e. The molecule has 1 unspecified atom stereocenters. The van der Waals surface area contributed by atoms with Gasteiger partial charge < -0.3 is 9.26 Å². The van der Waals surface area contributed by atoms with Crippen LogP contribution in [-0.2, 0) is 16.5 Å². The lowest BCUT2D eigenvalue weighted by Crippen LogP contribution is -1.99. The third-order valence-electron chi connectivity index (χ3n) is 2.41. The Morgan fingerprint density at radius 2 is 1.89 bits per heavy atom. The van der Waals surface area contributed by atoms with Gasteiger partial charge in [-0.25, -0.2) is 0 Å². The first-order chi connectivity index (χ1) is 9.13. The second kappa shape index (κ2) is 9.30. The van der Waals surface area contributed by atoms with E-state index < -0.39 is 5.47 Å². The zero-order valence-corrected chi connectivity index (χ0v) is 15.0. The Morgan fingerprint density at radius 3 is 2.42 bits per heavy atom. The summed E-state index contributed by atoms with van der Waals surface area (Å²) >= 11 is 9.16. The van der Waals surface area contributed by atoms with Gasteiger partial charge in [-0.3, -0.25) is 0 Å². The molecule has 0 aliphatic carbocycles. The van der Waals surface area contributed by atoms with E-state index in [0.717, 1.165) is 30.9 Å². The summed E-state index contributed by atoms with van der Waals surface area (Å²) in [5.74, 6) is 1.79. The van der Waals surface area contributed by atoms with Crippen LogP contribution in [0.5, 0.6) is 5.75 Å². The van der Waals surface area contributed by atoms with Gasteiger partial charge in [0.25, 0.3) is 0 Å². The quantitative estimate of drug-likeness (QED) is 0.362. The molecule has 0 aliphatic rings. The number of benzene rings is 1. The molecule has 0 saturated carbocycles. The van der Waals surface area contributed by atoms with Crippen LogP contribution < -0.4 is 4.52 Å². The average molecular weight is 336 g/mol.